The summed E-state index contributed by atoms with van der Waals surface area (Å²) in [6.07, 6.45) is 0.754. The number of aryl methyl sites for hydroxylation is 2. The Kier molecular flexibility index (Phi) is 6.40. The van der Waals surface area contributed by atoms with E-state index in [0.29, 0.717) is 30.2 Å². The van der Waals surface area contributed by atoms with Crippen LogP contribution in [-0.4, -0.2) is 56.5 Å². The Morgan fingerprint density at radius 1 is 1.14 bits per heavy atom. The van der Waals surface area contributed by atoms with Gasteiger partial charge in [0.2, 0.25) is 10.0 Å². The molecule has 0 unspecified atom stereocenters. The average Bonchev–Trinajstić information content (AvgIpc) is 2.68. The topological polar surface area (TPSA) is 74.0 Å². The van der Waals surface area contributed by atoms with Crippen molar-refractivity contribution >= 4 is 10.0 Å². The highest BCUT2D eigenvalue weighted by Crippen LogP contribution is 2.29. The maximum Gasteiger partial charge on any atom is 0.246 e. The summed E-state index contributed by atoms with van der Waals surface area (Å²) < 4.78 is 32.4. The largest absolute Gasteiger partial charge is 0.465 e. The average molecular weight is 318 g/mol. The minimum absolute atomic E-state index is 0.120. The molecule has 0 saturated carbocycles. The van der Waals surface area contributed by atoms with Gasteiger partial charge in [-0.1, -0.05) is 6.92 Å². The molecule has 0 saturated heterocycles. The lowest BCUT2D eigenvalue weighted by atomic mass is 10.2. The Labute approximate surface area is 127 Å². The fraction of sp³-hybridized carbons (Fsp3) is 0.714. The Hall–Kier alpha value is -0.890. The van der Waals surface area contributed by atoms with Gasteiger partial charge in [-0.3, -0.25) is 0 Å². The Balaban J connectivity index is 3.08. The number of aliphatic hydroxyl groups excluding tert-OH is 1. The minimum Gasteiger partial charge on any atom is -0.465 e. The first-order valence-electron chi connectivity index (χ1n) is 7.10. The van der Waals surface area contributed by atoms with E-state index in [1.807, 2.05) is 25.9 Å². The number of hydrogen-bond donors (Lipinski definition) is 1. The minimum atomic E-state index is -3.64. The summed E-state index contributed by atoms with van der Waals surface area (Å²) in [4.78, 5) is 2.14. The molecule has 0 bridgehead atoms. The summed E-state index contributed by atoms with van der Waals surface area (Å²) in [5.41, 5.74) is 0.360. The predicted molar refractivity (Wildman–Crippen MR) is 81.7 cm³/mol. The van der Waals surface area contributed by atoms with Gasteiger partial charge in [-0.2, -0.15) is 4.31 Å². The number of furan rings is 1. The molecule has 0 aliphatic heterocycles. The molecule has 1 rings (SSSR count). The second-order valence-corrected chi connectivity index (χ2v) is 7.21. The van der Waals surface area contributed by atoms with Gasteiger partial charge in [0.25, 0.3) is 0 Å². The Bertz CT molecular complexity index is 564. The van der Waals surface area contributed by atoms with E-state index in [1.54, 1.807) is 13.8 Å². The predicted octanol–water partition coefficient (Wildman–Crippen LogP) is 1.35. The van der Waals surface area contributed by atoms with Crippen LogP contribution >= 0.6 is 0 Å². The quantitative estimate of drug-likeness (QED) is 0.783. The third-order valence-electron chi connectivity index (χ3n) is 3.45. The van der Waals surface area contributed by atoms with Crippen molar-refractivity contribution in [1.29, 1.82) is 0 Å². The van der Waals surface area contributed by atoms with Crippen molar-refractivity contribution in [2.45, 2.75) is 38.7 Å². The fourth-order valence-electron chi connectivity index (χ4n) is 2.37. The van der Waals surface area contributed by atoms with Crippen LogP contribution in [0.2, 0.25) is 0 Å². The van der Waals surface area contributed by atoms with Crippen LogP contribution in [0.3, 0.4) is 0 Å². The molecule has 1 aromatic heterocycles. The highest BCUT2D eigenvalue weighted by atomic mass is 32.2. The number of nitrogens with zero attached hydrogens (tertiary/aromatic N) is 2. The second kappa shape index (κ2) is 7.40. The molecule has 21 heavy (non-hydrogen) atoms. The van der Waals surface area contributed by atoms with E-state index in [0.717, 1.165) is 13.0 Å². The van der Waals surface area contributed by atoms with Crippen molar-refractivity contribution in [3.8, 4) is 0 Å². The van der Waals surface area contributed by atoms with E-state index in [4.69, 9.17) is 4.42 Å². The van der Waals surface area contributed by atoms with E-state index < -0.39 is 10.0 Å². The van der Waals surface area contributed by atoms with Crippen LogP contribution in [0.5, 0.6) is 0 Å². The Morgan fingerprint density at radius 2 is 1.76 bits per heavy atom. The van der Waals surface area contributed by atoms with Gasteiger partial charge in [0.15, 0.2) is 0 Å². The first-order chi connectivity index (χ1) is 9.75. The zero-order valence-corrected chi connectivity index (χ0v) is 14.3. The van der Waals surface area contributed by atoms with Gasteiger partial charge in [0.1, 0.15) is 16.4 Å². The van der Waals surface area contributed by atoms with Crippen LogP contribution in [0.4, 0.5) is 0 Å². The molecule has 0 amide bonds. The second-order valence-electron chi connectivity index (χ2n) is 5.33. The zero-order valence-electron chi connectivity index (χ0n) is 13.5. The van der Waals surface area contributed by atoms with Gasteiger partial charge in [0.05, 0.1) is 6.61 Å². The summed E-state index contributed by atoms with van der Waals surface area (Å²) in [6, 6.07) is 0. The van der Waals surface area contributed by atoms with E-state index in [1.165, 1.54) is 4.31 Å². The smallest absolute Gasteiger partial charge is 0.246 e. The molecular formula is C14H26N2O4S. The number of rotatable bonds is 8. The number of aliphatic hydroxyl groups is 1. The lowest BCUT2D eigenvalue weighted by Crippen LogP contribution is -2.34. The highest BCUT2D eigenvalue weighted by Gasteiger charge is 2.31. The molecule has 1 N–H and O–H groups in total. The highest BCUT2D eigenvalue weighted by molar-refractivity contribution is 7.89. The lowest BCUT2D eigenvalue weighted by Gasteiger charge is -2.21. The van der Waals surface area contributed by atoms with E-state index in [-0.39, 0.29) is 11.5 Å². The summed E-state index contributed by atoms with van der Waals surface area (Å²) in [6.45, 7) is 6.42. The van der Waals surface area contributed by atoms with Crippen LogP contribution in [0, 0.1) is 13.8 Å². The summed E-state index contributed by atoms with van der Waals surface area (Å²) in [7, 11) is 0.273. The van der Waals surface area contributed by atoms with E-state index in [2.05, 4.69) is 0 Å². The number of hydrogen-bond acceptors (Lipinski definition) is 5. The standard InChI is InChI=1S/C14H26N2O4S/c1-6-16(9-7-8-15(4)5)21(18,19)14-12(3)20-11(2)13(14)10-17/h17H,6-10H2,1-5H3. The first kappa shape index (κ1) is 18.2. The van der Waals surface area contributed by atoms with Gasteiger partial charge in [-0.25, -0.2) is 8.42 Å². The zero-order chi connectivity index (χ0) is 16.2. The van der Waals surface area contributed by atoms with Crippen LogP contribution in [0.1, 0.15) is 30.4 Å². The van der Waals surface area contributed by atoms with Crippen LogP contribution < -0.4 is 0 Å². The third kappa shape index (κ3) is 4.06. The summed E-state index contributed by atoms with van der Waals surface area (Å²) >= 11 is 0. The maximum atomic E-state index is 12.8. The van der Waals surface area contributed by atoms with Crippen molar-refractivity contribution in [2.75, 3.05) is 33.7 Å². The molecule has 1 heterocycles. The maximum absolute atomic E-state index is 12.8. The molecular weight excluding hydrogens is 292 g/mol. The lowest BCUT2D eigenvalue weighted by molar-refractivity contribution is 0.276. The number of sulfonamides is 1. The van der Waals surface area contributed by atoms with Crippen molar-refractivity contribution in [3.63, 3.8) is 0 Å². The molecule has 0 aliphatic carbocycles. The fourth-order valence-corrected chi connectivity index (χ4v) is 4.26. The molecule has 6 nitrogen and oxygen atoms in total. The monoisotopic (exact) mass is 318 g/mol. The molecule has 0 aromatic carbocycles. The van der Waals surface area contributed by atoms with Crippen LogP contribution in [-0.2, 0) is 16.6 Å². The molecule has 1 aromatic rings. The van der Waals surface area contributed by atoms with Crippen molar-refractivity contribution in [2.24, 2.45) is 0 Å². The third-order valence-corrected chi connectivity index (χ3v) is 5.62. The van der Waals surface area contributed by atoms with Gasteiger partial charge in [-0.15, -0.1) is 0 Å². The summed E-state index contributed by atoms with van der Waals surface area (Å²) in [5.74, 6) is 0.792. The van der Waals surface area contributed by atoms with E-state index in [9.17, 15) is 13.5 Å². The van der Waals surface area contributed by atoms with Crippen molar-refractivity contribution < 1.29 is 17.9 Å². The van der Waals surface area contributed by atoms with Crippen molar-refractivity contribution in [1.82, 2.24) is 9.21 Å². The molecule has 0 atom stereocenters. The summed E-state index contributed by atoms with van der Waals surface area (Å²) in [5, 5.41) is 9.43. The Morgan fingerprint density at radius 3 is 2.24 bits per heavy atom. The van der Waals surface area contributed by atoms with Gasteiger partial charge in [-0.05, 0) is 40.9 Å². The van der Waals surface area contributed by atoms with Gasteiger partial charge < -0.3 is 14.4 Å². The molecule has 122 valence electrons. The normalized spacial score (nSPS) is 12.6. The van der Waals surface area contributed by atoms with Gasteiger partial charge in [0, 0.05) is 18.7 Å². The molecule has 0 fully saturated rings. The van der Waals surface area contributed by atoms with Crippen LogP contribution in [0.25, 0.3) is 0 Å². The van der Waals surface area contributed by atoms with E-state index >= 15 is 0 Å². The van der Waals surface area contributed by atoms with Crippen molar-refractivity contribution in [3.05, 3.63) is 17.1 Å². The molecule has 7 heteroatoms. The molecule has 0 aliphatic rings. The molecule has 0 radical (unpaired) electrons. The molecule has 0 spiro atoms. The SMILES string of the molecule is CCN(CCCN(C)C)S(=O)(=O)c1c(C)oc(C)c1CO. The van der Waals surface area contributed by atoms with Crippen LogP contribution in [0.15, 0.2) is 9.31 Å². The van der Waals surface area contributed by atoms with Gasteiger partial charge >= 0.3 is 0 Å². The first-order valence-corrected chi connectivity index (χ1v) is 8.54.